The third-order valence-electron chi connectivity index (χ3n) is 4.12. The zero-order valence-corrected chi connectivity index (χ0v) is 13.7. The van der Waals surface area contributed by atoms with E-state index in [0.717, 1.165) is 16.5 Å². The number of amides is 1. The fourth-order valence-electron chi connectivity index (χ4n) is 2.74. The Hall–Kier alpha value is -1.36. The van der Waals surface area contributed by atoms with Gasteiger partial charge in [-0.15, -0.1) is 0 Å². The highest BCUT2D eigenvalue weighted by Gasteiger charge is 2.32. The second kappa shape index (κ2) is 7.07. The molecule has 1 aliphatic heterocycles. The molecule has 0 radical (unpaired) electrons. The number of nitrogens with zero attached hydrogens (tertiary/aromatic N) is 1. The zero-order valence-electron chi connectivity index (χ0n) is 12.1. The topological polar surface area (TPSA) is 57.6 Å². The number of carboxylic acids is 1. The van der Waals surface area contributed by atoms with Gasteiger partial charge < -0.3 is 10.0 Å². The molecule has 1 N–H and O–H groups in total. The number of carbonyl (C=O) groups is 2. The molecule has 2 rings (SSSR count). The second-order valence-electron chi connectivity index (χ2n) is 5.60. The van der Waals surface area contributed by atoms with E-state index in [4.69, 9.17) is 5.11 Å². The van der Waals surface area contributed by atoms with Crippen LogP contribution in [-0.2, 0) is 16.0 Å². The first-order chi connectivity index (χ1) is 9.99. The molecule has 0 spiro atoms. The average molecular weight is 354 g/mol. The molecule has 1 aromatic carbocycles. The van der Waals surface area contributed by atoms with Crippen LogP contribution >= 0.6 is 15.9 Å². The number of aryl methyl sites for hydroxylation is 1. The maximum absolute atomic E-state index is 12.4. The first-order valence-corrected chi connectivity index (χ1v) is 8.04. The van der Waals surface area contributed by atoms with E-state index in [2.05, 4.69) is 15.9 Å². The summed E-state index contributed by atoms with van der Waals surface area (Å²) in [4.78, 5) is 25.2. The Morgan fingerprint density at radius 1 is 1.33 bits per heavy atom. The van der Waals surface area contributed by atoms with Crippen molar-refractivity contribution in [1.82, 2.24) is 4.90 Å². The molecule has 1 aromatic rings. The van der Waals surface area contributed by atoms with Gasteiger partial charge in [0.1, 0.15) is 0 Å². The van der Waals surface area contributed by atoms with Crippen molar-refractivity contribution in [2.75, 3.05) is 6.54 Å². The SMILES string of the molecule is CC1CCC(C(=O)O)CN1C(=O)CCc1ccccc1Br. The minimum Gasteiger partial charge on any atom is -0.481 e. The maximum Gasteiger partial charge on any atom is 0.308 e. The largest absolute Gasteiger partial charge is 0.481 e. The van der Waals surface area contributed by atoms with Gasteiger partial charge in [0.15, 0.2) is 0 Å². The number of rotatable bonds is 4. The van der Waals surface area contributed by atoms with Crippen molar-refractivity contribution >= 4 is 27.8 Å². The van der Waals surface area contributed by atoms with Gasteiger partial charge in [0.05, 0.1) is 5.92 Å². The van der Waals surface area contributed by atoms with Gasteiger partial charge in [-0.05, 0) is 37.8 Å². The molecule has 0 aliphatic carbocycles. The standard InChI is InChI=1S/C16H20BrNO3/c1-11-6-7-13(16(20)21)10-18(11)15(19)9-8-12-4-2-3-5-14(12)17/h2-5,11,13H,6-10H2,1H3,(H,20,21). The fraction of sp³-hybridized carbons (Fsp3) is 0.500. The minimum atomic E-state index is -0.800. The van der Waals surface area contributed by atoms with E-state index >= 15 is 0 Å². The lowest BCUT2D eigenvalue weighted by Crippen LogP contribution is -2.47. The second-order valence-corrected chi connectivity index (χ2v) is 6.45. The highest BCUT2D eigenvalue weighted by molar-refractivity contribution is 9.10. The predicted molar refractivity (Wildman–Crippen MR) is 84.0 cm³/mol. The number of carbonyl (C=O) groups excluding carboxylic acids is 1. The zero-order chi connectivity index (χ0) is 15.4. The van der Waals surface area contributed by atoms with E-state index in [1.54, 1.807) is 4.90 Å². The molecule has 114 valence electrons. The predicted octanol–water partition coefficient (Wildman–Crippen LogP) is 3.09. The third-order valence-corrected chi connectivity index (χ3v) is 4.89. The van der Waals surface area contributed by atoms with Crippen LogP contribution in [0.4, 0.5) is 0 Å². The molecule has 21 heavy (non-hydrogen) atoms. The molecular formula is C16H20BrNO3. The van der Waals surface area contributed by atoms with E-state index < -0.39 is 11.9 Å². The first-order valence-electron chi connectivity index (χ1n) is 7.24. The quantitative estimate of drug-likeness (QED) is 0.904. The van der Waals surface area contributed by atoms with Gasteiger partial charge in [-0.3, -0.25) is 9.59 Å². The first kappa shape index (κ1) is 16.0. The number of halogens is 1. The molecule has 0 bridgehead atoms. The third kappa shape index (κ3) is 4.06. The molecule has 1 amide bonds. The number of benzene rings is 1. The van der Waals surface area contributed by atoms with E-state index in [9.17, 15) is 9.59 Å². The number of carboxylic acid groups (broad SMARTS) is 1. The average Bonchev–Trinajstić information content (AvgIpc) is 2.46. The van der Waals surface area contributed by atoms with Crippen LogP contribution in [0.25, 0.3) is 0 Å². The molecule has 4 nitrogen and oxygen atoms in total. The number of aliphatic carboxylic acids is 1. The molecule has 5 heteroatoms. The Bertz CT molecular complexity index is 532. The Labute approximate surface area is 133 Å². The van der Waals surface area contributed by atoms with E-state index in [1.807, 2.05) is 31.2 Å². The summed E-state index contributed by atoms with van der Waals surface area (Å²) in [5, 5.41) is 9.12. The summed E-state index contributed by atoms with van der Waals surface area (Å²) in [7, 11) is 0. The van der Waals surface area contributed by atoms with Crippen LogP contribution in [0.2, 0.25) is 0 Å². The van der Waals surface area contributed by atoms with Gasteiger partial charge in [0.25, 0.3) is 0 Å². The Balaban J connectivity index is 1.95. The van der Waals surface area contributed by atoms with Crippen LogP contribution in [0, 0.1) is 5.92 Å². The van der Waals surface area contributed by atoms with Crippen LogP contribution in [0.3, 0.4) is 0 Å². The molecule has 1 aliphatic rings. The summed E-state index contributed by atoms with van der Waals surface area (Å²) in [5.74, 6) is -1.18. The molecule has 1 fully saturated rings. The smallest absolute Gasteiger partial charge is 0.308 e. The fourth-order valence-corrected chi connectivity index (χ4v) is 3.23. The number of likely N-dealkylation sites (tertiary alicyclic amines) is 1. The van der Waals surface area contributed by atoms with Crippen LogP contribution in [0.15, 0.2) is 28.7 Å². The molecule has 0 aromatic heterocycles. The number of hydrogen-bond donors (Lipinski definition) is 1. The molecule has 2 atom stereocenters. The lowest BCUT2D eigenvalue weighted by Gasteiger charge is -2.36. The van der Waals surface area contributed by atoms with Gasteiger partial charge in [-0.1, -0.05) is 34.1 Å². The van der Waals surface area contributed by atoms with Crippen LogP contribution in [0.1, 0.15) is 31.7 Å². The maximum atomic E-state index is 12.4. The van der Waals surface area contributed by atoms with Crippen molar-refractivity contribution in [3.8, 4) is 0 Å². The highest BCUT2D eigenvalue weighted by atomic mass is 79.9. The number of hydrogen-bond acceptors (Lipinski definition) is 2. The normalized spacial score (nSPS) is 22.1. The highest BCUT2D eigenvalue weighted by Crippen LogP contribution is 2.24. The summed E-state index contributed by atoms with van der Waals surface area (Å²) in [6.45, 7) is 2.33. The molecule has 1 saturated heterocycles. The van der Waals surface area contributed by atoms with Gasteiger partial charge in [-0.25, -0.2) is 0 Å². The van der Waals surface area contributed by atoms with Crippen molar-refractivity contribution in [3.63, 3.8) is 0 Å². The lowest BCUT2D eigenvalue weighted by atomic mass is 9.93. The van der Waals surface area contributed by atoms with Crippen molar-refractivity contribution < 1.29 is 14.7 Å². The Morgan fingerprint density at radius 2 is 2.05 bits per heavy atom. The number of piperidine rings is 1. The van der Waals surface area contributed by atoms with Gasteiger partial charge in [-0.2, -0.15) is 0 Å². The van der Waals surface area contributed by atoms with Crippen molar-refractivity contribution in [3.05, 3.63) is 34.3 Å². The molecule has 2 unspecified atom stereocenters. The van der Waals surface area contributed by atoms with E-state index in [0.29, 0.717) is 25.8 Å². The molecular weight excluding hydrogens is 334 g/mol. The van der Waals surface area contributed by atoms with Gasteiger partial charge >= 0.3 is 5.97 Å². The Kier molecular flexibility index (Phi) is 5.39. The van der Waals surface area contributed by atoms with Crippen LogP contribution in [-0.4, -0.2) is 34.5 Å². The molecule has 1 heterocycles. The summed E-state index contributed by atoms with van der Waals surface area (Å²) < 4.78 is 1.01. The summed E-state index contributed by atoms with van der Waals surface area (Å²) in [6, 6.07) is 7.99. The van der Waals surface area contributed by atoms with Gasteiger partial charge in [0, 0.05) is 23.5 Å². The Morgan fingerprint density at radius 3 is 2.71 bits per heavy atom. The minimum absolute atomic E-state index is 0.0456. The summed E-state index contributed by atoms with van der Waals surface area (Å²) in [5.41, 5.74) is 1.10. The summed E-state index contributed by atoms with van der Waals surface area (Å²) in [6.07, 6.45) is 2.50. The van der Waals surface area contributed by atoms with Crippen molar-refractivity contribution in [1.29, 1.82) is 0 Å². The van der Waals surface area contributed by atoms with Crippen molar-refractivity contribution in [2.45, 2.75) is 38.6 Å². The van der Waals surface area contributed by atoms with E-state index in [-0.39, 0.29) is 11.9 Å². The monoisotopic (exact) mass is 353 g/mol. The van der Waals surface area contributed by atoms with E-state index in [1.165, 1.54) is 0 Å². The van der Waals surface area contributed by atoms with Crippen LogP contribution < -0.4 is 0 Å². The van der Waals surface area contributed by atoms with Crippen molar-refractivity contribution in [2.24, 2.45) is 5.92 Å². The van der Waals surface area contributed by atoms with Gasteiger partial charge in [0.2, 0.25) is 5.91 Å². The summed E-state index contributed by atoms with van der Waals surface area (Å²) >= 11 is 3.48. The lowest BCUT2D eigenvalue weighted by molar-refractivity contribution is -0.147. The van der Waals surface area contributed by atoms with Crippen LogP contribution in [0.5, 0.6) is 0 Å². The molecule has 0 saturated carbocycles.